The SMILES string of the molecule is Cc1cc(F)ccc1-c1ccc(Cl)cc1C(=O)O. The van der Waals surface area contributed by atoms with Crippen molar-refractivity contribution in [1.29, 1.82) is 0 Å². The third kappa shape index (κ3) is 2.36. The van der Waals surface area contributed by atoms with E-state index >= 15 is 0 Å². The first-order valence-electron chi connectivity index (χ1n) is 5.28. The quantitative estimate of drug-likeness (QED) is 0.885. The minimum atomic E-state index is -1.06. The molecule has 0 heterocycles. The summed E-state index contributed by atoms with van der Waals surface area (Å²) in [6, 6.07) is 8.89. The highest BCUT2D eigenvalue weighted by atomic mass is 35.5. The van der Waals surface area contributed by atoms with Crippen LogP contribution >= 0.6 is 11.6 Å². The fourth-order valence-corrected chi connectivity index (χ4v) is 2.03. The molecule has 0 saturated heterocycles. The fraction of sp³-hybridized carbons (Fsp3) is 0.0714. The largest absolute Gasteiger partial charge is 0.478 e. The summed E-state index contributed by atoms with van der Waals surface area (Å²) in [6.45, 7) is 1.73. The van der Waals surface area contributed by atoms with Crippen LogP contribution in [-0.4, -0.2) is 11.1 Å². The van der Waals surface area contributed by atoms with Crippen molar-refractivity contribution in [3.8, 4) is 11.1 Å². The van der Waals surface area contributed by atoms with Gasteiger partial charge in [-0.25, -0.2) is 9.18 Å². The molecule has 0 atom stereocenters. The number of hydrogen-bond acceptors (Lipinski definition) is 1. The van der Waals surface area contributed by atoms with Crippen molar-refractivity contribution in [2.24, 2.45) is 0 Å². The number of carbonyl (C=O) groups is 1. The summed E-state index contributed by atoms with van der Waals surface area (Å²) in [5, 5.41) is 9.52. The first kappa shape index (κ1) is 12.6. The van der Waals surface area contributed by atoms with Crippen LogP contribution in [0.15, 0.2) is 36.4 Å². The van der Waals surface area contributed by atoms with Gasteiger partial charge in [-0.3, -0.25) is 0 Å². The molecule has 0 bridgehead atoms. The lowest BCUT2D eigenvalue weighted by Gasteiger charge is -2.10. The molecule has 0 aromatic heterocycles. The van der Waals surface area contributed by atoms with Gasteiger partial charge in [-0.15, -0.1) is 0 Å². The Hall–Kier alpha value is -1.87. The van der Waals surface area contributed by atoms with Crippen molar-refractivity contribution < 1.29 is 14.3 Å². The van der Waals surface area contributed by atoms with E-state index in [1.54, 1.807) is 25.1 Å². The second-order valence-electron chi connectivity index (χ2n) is 3.95. The maximum Gasteiger partial charge on any atom is 0.336 e. The Balaban J connectivity index is 2.67. The Bertz CT molecular complexity index is 623. The van der Waals surface area contributed by atoms with E-state index in [1.165, 1.54) is 18.2 Å². The van der Waals surface area contributed by atoms with Gasteiger partial charge >= 0.3 is 5.97 Å². The summed E-state index contributed by atoms with van der Waals surface area (Å²) in [4.78, 5) is 11.2. The number of rotatable bonds is 2. The maximum absolute atomic E-state index is 13.0. The second kappa shape index (κ2) is 4.78. The third-order valence-electron chi connectivity index (χ3n) is 2.69. The molecule has 2 rings (SSSR count). The lowest BCUT2D eigenvalue weighted by atomic mass is 9.96. The maximum atomic E-state index is 13.0. The highest BCUT2D eigenvalue weighted by molar-refractivity contribution is 6.31. The number of hydrogen-bond donors (Lipinski definition) is 1. The number of carboxylic acids is 1. The van der Waals surface area contributed by atoms with Crippen LogP contribution in [-0.2, 0) is 0 Å². The molecule has 0 amide bonds. The summed E-state index contributed by atoms with van der Waals surface area (Å²) in [5.74, 6) is -1.40. The van der Waals surface area contributed by atoms with E-state index in [-0.39, 0.29) is 11.4 Å². The van der Waals surface area contributed by atoms with Crippen LogP contribution < -0.4 is 0 Å². The minimum absolute atomic E-state index is 0.109. The van der Waals surface area contributed by atoms with E-state index in [0.29, 0.717) is 21.7 Å². The van der Waals surface area contributed by atoms with E-state index in [0.717, 1.165) is 0 Å². The monoisotopic (exact) mass is 264 g/mol. The van der Waals surface area contributed by atoms with Crippen LogP contribution in [0, 0.1) is 12.7 Å². The molecule has 2 aromatic rings. The fourth-order valence-electron chi connectivity index (χ4n) is 1.86. The first-order chi connectivity index (χ1) is 8.49. The molecule has 0 aliphatic heterocycles. The Morgan fingerprint density at radius 2 is 1.83 bits per heavy atom. The molecular weight excluding hydrogens is 255 g/mol. The molecule has 18 heavy (non-hydrogen) atoms. The van der Waals surface area contributed by atoms with Gasteiger partial charge in [-0.1, -0.05) is 23.7 Å². The number of carboxylic acid groups (broad SMARTS) is 1. The zero-order valence-electron chi connectivity index (χ0n) is 9.58. The van der Waals surface area contributed by atoms with Gasteiger partial charge in [0, 0.05) is 5.02 Å². The molecule has 0 spiro atoms. The van der Waals surface area contributed by atoms with Gasteiger partial charge in [-0.2, -0.15) is 0 Å². The molecule has 2 nitrogen and oxygen atoms in total. The van der Waals surface area contributed by atoms with Crippen molar-refractivity contribution in [3.63, 3.8) is 0 Å². The number of benzene rings is 2. The average Bonchev–Trinajstić information content (AvgIpc) is 2.29. The van der Waals surface area contributed by atoms with Crippen molar-refractivity contribution in [2.45, 2.75) is 6.92 Å². The van der Waals surface area contributed by atoms with Crippen LogP contribution in [0.25, 0.3) is 11.1 Å². The molecule has 0 unspecified atom stereocenters. The first-order valence-corrected chi connectivity index (χ1v) is 5.66. The summed E-state index contributed by atoms with van der Waals surface area (Å²) < 4.78 is 13.0. The highest BCUT2D eigenvalue weighted by Gasteiger charge is 2.14. The lowest BCUT2D eigenvalue weighted by molar-refractivity contribution is 0.0697. The Kier molecular flexibility index (Phi) is 3.34. The molecule has 1 N–H and O–H groups in total. The Morgan fingerprint density at radius 1 is 1.17 bits per heavy atom. The molecular formula is C14H10ClFO2. The van der Waals surface area contributed by atoms with Crippen LogP contribution in [0.4, 0.5) is 4.39 Å². The lowest BCUT2D eigenvalue weighted by Crippen LogP contribution is -2.00. The number of aryl methyl sites for hydroxylation is 1. The van der Waals surface area contributed by atoms with E-state index in [9.17, 15) is 9.18 Å². The molecule has 2 aromatic carbocycles. The van der Waals surface area contributed by atoms with Gasteiger partial charge in [0.1, 0.15) is 5.82 Å². The van der Waals surface area contributed by atoms with Gasteiger partial charge < -0.3 is 5.11 Å². The second-order valence-corrected chi connectivity index (χ2v) is 4.39. The predicted molar refractivity (Wildman–Crippen MR) is 68.5 cm³/mol. The predicted octanol–water partition coefficient (Wildman–Crippen LogP) is 4.15. The van der Waals surface area contributed by atoms with Crippen LogP contribution in [0.2, 0.25) is 5.02 Å². The summed E-state index contributed by atoms with van der Waals surface area (Å²) >= 11 is 5.79. The molecule has 92 valence electrons. The van der Waals surface area contributed by atoms with Crippen LogP contribution in [0.1, 0.15) is 15.9 Å². The molecule has 4 heteroatoms. The zero-order valence-corrected chi connectivity index (χ0v) is 10.3. The van der Waals surface area contributed by atoms with Gasteiger partial charge in [0.2, 0.25) is 0 Å². The number of halogens is 2. The highest BCUT2D eigenvalue weighted by Crippen LogP contribution is 2.29. The normalized spacial score (nSPS) is 10.4. The van der Waals surface area contributed by atoms with Gasteiger partial charge in [0.05, 0.1) is 5.56 Å². The van der Waals surface area contributed by atoms with Crippen molar-refractivity contribution in [1.82, 2.24) is 0 Å². The van der Waals surface area contributed by atoms with E-state index in [4.69, 9.17) is 16.7 Å². The Labute approximate surface area is 109 Å². The van der Waals surface area contributed by atoms with Gasteiger partial charge in [0.15, 0.2) is 0 Å². The third-order valence-corrected chi connectivity index (χ3v) is 2.93. The zero-order chi connectivity index (χ0) is 13.3. The van der Waals surface area contributed by atoms with Crippen molar-refractivity contribution in [2.75, 3.05) is 0 Å². The molecule has 0 radical (unpaired) electrons. The van der Waals surface area contributed by atoms with Crippen LogP contribution in [0.3, 0.4) is 0 Å². The molecule has 0 aliphatic rings. The summed E-state index contributed by atoms with van der Waals surface area (Å²) in [7, 11) is 0. The van der Waals surface area contributed by atoms with E-state index in [2.05, 4.69) is 0 Å². The smallest absolute Gasteiger partial charge is 0.336 e. The topological polar surface area (TPSA) is 37.3 Å². The minimum Gasteiger partial charge on any atom is -0.478 e. The van der Waals surface area contributed by atoms with Gasteiger partial charge in [0.25, 0.3) is 0 Å². The van der Waals surface area contributed by atoms with Gasteiger partial charge in [-0.05, 0) is 47.9 Å². The van der Waals surface area contributed by atoms with E-state index < -0.39 is 5.97 Å². The average molecular weight is 265 g/mol. The van der Waals surface area contributed by atoms with Crippen LogP contribution in [0.5, 0.6) is 0 Å². The molecule has 0 aliphatic carbocycles. The molecule has 0 saturated carbocycles. The standard InChI is InChI=1S/C14H10ClFO2/c1-8-6-10(16)3-5-11(8)12-4-2-9(15)7-13(12)14(17)18/h2-7H,1H3,(H,17,18). The summed E-state index contributed by atoms with van der Waals surface area (Å²) in [6.07, 6.45) is 0. The van der Waals surface area contributed by atoms with Crippen molar-refractivity contribution in [3.05, 3.63) is 58.4 Å². The number of aromatic carboxylic acids is 1. The van der Waals surface area contributed by atoms with E-state index in [1.807, 2.05) is 0 Å². The Morgan fingerprint density at radius 3 is 2.44 bits per heavy atom. The summed E-state index contributed by atoms with van der Waals surface area (Å²) in [5.41, 5.74) is 2.01. The van der Waals surface area contributed by atoms with Crippen molar-refractivity contribution >= 4 is 17.6 Å². The molecule has 0 fully saturated rings.